The first-order chi connectivity index (χ1) is 14.2. The average Bonchev–Trinajstić information content (AvgIpc) is 3.21. The number of esters is 1. The van der Waals surface area contributed by atoms with Crippen molar-refractivity contribution in [3.8, 4) is 22.9 Å². The lowest BCUT2D eigenvalue weighted by atomic mass is 10.2. The third kappa shape index (κ3) is 4.67. The predicted octanol–water partition coefficient (Wildman–Crippen LogP) is 1.29. The average molecular weight is 395 g/mol. The van der Waals surface area contributed by atoms with Gasteiger partial charge in [-0.15, -0.1) is 10.2 Å². The zero-order chi connectivity index (χ0) is 20.1. The van der Waals surface area contributed by atoms with Gasteiger partial charge in [0.05, 0.1) is 0 Å². The summed E-state index contributed by atoms with van der Waals surface area (Å²) < 4.78 is 15.9. The molecule has 1 aliphatic rings. The van der Waals surface area contributed by atoms with Gasteiger partial charge in [-0.05, 0) is 17.3 Å². The maximum absolute atomic E-state index is 12.0. The van der Waals surface area contributed by atoms with Crippen molar-refractivity contribution in [3.63, 3.8) is 0 Å². The molecule has 4 rings (SSSR count). The molecule has 2 aromatic carbocycles. The van der Waals surface area contributed by atoms with Crippen molar-refractivity contribution in [3.05, 3.63) is 48.5 Å². The van der Waals surface area contributed by atoms with E-state index in [9.17, 15) is 9.59 Å². The number of rotatable bonds is 6. The summed E-state index contributed by atoms with van der Waals surface area (Å²) >= 11 is 0. The second-order valence-corrected chi connectivity index (χ2v) is 6.08. The Morgan fingerprint density at radius 1 is 1.07 bits per heavy atom. The number of nitrogens with one attached hydrogen (secondary N) is 1. The number of benzene rings is 2. The Kier molecular flexibility index (Phi) is 5.32. The summed E-state index contributed by atoms with van der Waals surface area (Å²) in [6.07, 6.45) is 0. The van der Waals surface area contributed by atoms with Gasteiger partial charge in [0.2, 0.25) is 5.82 Å². The molecule has 1 aliphatic heterocycles. The summed E-state index contributed by atoms with van der Waals surface area (Å²) in [5, 5.41) is 14.5. The van der Waals surface area contributed by atoms with Crippen LogP contribution in [0.5, 0.6) is 11.5 Å². The number of carbonyl (C=O) groups is 2. The second kappa shape index (κ2) is 8.38. The highest BCUT2D eigenvalue weighted by Gasteiger charge is 2.15. The van der Waals surface area contributed by atoms with Crippen LogP contribution in [-0.2, 0) is 20.9 Å². The van der Waals surface area contributed by atoms with Crippen molar-refractivity contribution < 1.29 is 23.8 Å². The number of fused-ring (bicyclic) bond motifs is 1. The van der Waals surface area contributed by atoms with Gasteiger partial charge >= 0.3 is 5.97 Å². The van der Waals surface area contributed by atoms with E-state index in [1.807, 2.05) is 30.3 Å². The number of amides is 1. The fourth-order valence-corrected chi connectivity index (χ4v) is 2.64. The van der Waals surface area contributed by atoms with Crippen molar-refractivity contribution in [2.75, 3.05) is 25.1 Å². The van der Waals surface area contributed by atoms with Gasteiger partial charge in [0, 0.05) is 17.3 Å². The lowest BCUT2D eigenvalue weighted by molar-refractivity contribution is -0.148. The molecule has 0 unspecified atom stereocenters. The maximum atomic E-state index is 12.0. The molecule has 0 aliphatic carbocycles. The normalized spacial score (nSPS) is 12.3. The van der Waals surface area contributed by atoms with E-state index in [1.165, 1.54) is 0 Å². The van der Waals surface area contributed by atoms with Crippen molar-refractivity contribution in [1.29, 1.82) is 0 Å². The fourth-order valence-electron chi connectivity index (χ4n) is 2.64. The zero-order valence-corrected chi connectivity index (χ0v) is 15.3. The van der Waals surface area contributed by atoms with E-state index in [2.05, 4.69) is 20.7 Å². The molecule has 0 bridgehead atoms. The van der Waals surface area contributed by atoms with Gasteiger partial charge in [-0.3, -0.25) is 4.79 Å². The Balaban J connectivity index is 1.26. The van der Waals surface area contributed by atoms with Crippen LogP contribution in [0.4, 0.5) is 5.69 Å². The predicted molar refractivity (Wildman–Crippen MR) is 100 cm³/mol. The molecular formula is C19H17N5O5. The molecule has 1 aromatic heterocycles. The summed E-state index contributed by atoms with van der Waals surface area (Å²) in [4.78, 5) is 25.1. The van der Waals surface area contributed by atoms with E-state index in [1.54, 1.807) is 18.2 Å². The fraction of sp³-hybridized carbons (Fsp3) is 0.211. The lowest BCUT2D eigenvalue weighted by Crippen LogP contribution is -2.23. The molecule has 148 valence electrons. The number of nitrogens with zero attached hydrogens (tertiary/aromatic N) is 4. The van der Waals surface area contributed by atoms with E-state index in [0.29, 0.717) is 36.2 Å². The van der Waals surface area contributed by atoms with Crippen LogP contribution in [-0.4, -0.2) is 51.9 Å². The van der Waals surface area contributed by atoms with Gasteiger partial charge in [-0.1, -0.05) is 30.3 Å². The van der Waals surface area contributed by atoms with Crippen LogP contribution >= 0.6 is 0 Å². The number of ether oxygens (including phenoxy) is 3. The summed E-state index contributed by atoms with van der Waals surface area (Å²) in [6.45, 7) is 0.247. The number of carbonyl (C=O) groups excluding carboxylic acids is 2. The quantitative estimate of drug-likeness (QED) is 0.621. The monoisotopic (exact) mass is 395 g/mol. The topological polar surface area (TPSA) is 117 Å². The van der Waals surface area contributed by atoms with Gasteiger partial charge in [-0.2, -0.15) is 4.80 Å². The molecule has 1 N–H and O–H groups in total. The van der Waals surface area contributed by atoms with Crippen LogP contribution in [0.2, 0.25) is 0 Å². The van der Waals surface area contributed by atoms with E-state index >= 15 is 0 Å². The first kappa shape index (κ1) is 18.4. The molecule has 0 atom stereocenters. The smallest absolute Gasteiger partial charge is 0.330 e. The van der Waals surface area contributed by atoms with Crippen molar-refractivity contribution in [2.24, 2.45) is 0 Å². The number of aromatic nitrogens is 4. The van der Waals surface area contributed by atoms with Crippen LogP contribution in [0, 0.1) is 0 Å². The lowest BCUT2D eigenvalue weighted by Gasteiger charge is -2.19. The van der Waals surface area contributed by atoms with Gasteiger partial charge in [0.25, 0.3) is 5.91 Å². The Morgan fingerprint density at radius 3 is 2.69 bits per heavy atom. The molecule has 0 radical (unpaired) electrons. The molecule has 3 aromatic rings. The summed E-state index contributed by atoms with van der Waals surface area (Å²) in [7, 11) is 0. The molecule has 10 nitrogen and oxygen atoms in total. The van der Waals surface area contributed by atoms with Crippen LogP contribution in [0.1, 0.15) is 0 Å². The first-order valence-corrected chi connectivity index (χ1v) is 8.86. The molecular weight excluding hydrogens is 378 g/mol. The van der Waals surface area contributed by atoms with Crippen molar-refractivity contribution in [1.82, 2.24) is 20.2 Å². The highest BCUT2D eigenvalue weighted by Crippen LogP contribution is 2.32. The van der Waals surface area contributed by atoms with Crippen LogP contribution < -0.4 is 14.8 Å². The molecule has 29 heavy (non-hydrogen) atoms. The molecule has 10 heteroatoms. The van der Waals surface area contributed by atoms with Gasteiger partial charge < -0.3 is 19.5 Å². The molecule has 0 saturated carbocycles. The van der Waals surface area contributed by atoms with Crippen LogP contribution in [0.25, 0.3) is 11.4 Å². The molecule has 2 heterocycles. The Hall–Kier alpha value is -3.95. The zero-order valence-electron chi connectivity index (χ0n) is 15.3. The first-order valence-electron chi connectivity index (χ1n) is 8.86. The summed E-state index contributed by atoms with van der Waals surface area (Å²) in [6, 6.07) is 14.3. The third-order valence-corrected chi connectivity index (χ3v) is 3.95. The molecule has 1 amide bonds. The number of anilines is 1. The van der Waals surface area contributed by atoms with Crippen molar-refractivity contribution in [2.45, 2.75) is 6.54 Å². The minimum atomic E-state index is -0.653. The number of hydrogen-bond donors (Lipinski definition) is 1. The largest absolute Gasteiger partial charge is 0.486 e. The standard InChI is InChI=1S/C19H17N5O5/c25-17(20-14-6-7-15-16(10-14)28-9-8-27-15)12-29-18(26)11-24-22-19(21-23-24)13-4-2-1-3-5-13/h1-7,10H,8-9,11-12H2,(H,20,25). The van der Waals surface area contributed by atoms with E-state index in [-0.39, 0.29) is 6.54 Å². The van der Waals surface area contributed by atoms with Gasteiger partial charge in [0.1, 0.15) is 13.2 Å². The minimum absolute atomic E-state index is 0.253. The van der Waals surface area contributed by atoms with Crippen molar-refractivity contribution >= 4 is 17.6 Å². The van der Waals surface area contributed by atoms with Crippen LogP contribution in [0.3, 0.4) is 0 Å². The van der Waals surface area contributed by atoms with E-state index in [4.69, 9.17) is 14.2 Å². The van der Waals surface area contributed by atoms with E-state index in [0.717, 1.165) is 10.4 Å². The Morgan fingerprint density at radius 2 is 1.86 bits per heavy atom. The van der Waals surface area contributed by atoms with Gasteiger partial charge in [-0.25, -0.2) is 4.79 Å². The summed E-state index contributed by atoms with van der Waals surface area (Å²) in [5.74, 6) is 0.439. The molecule has 0 saturated heterocycles. The molecule has 0 fully saturated rings. The second-order valence-electron chi connectivity index (χ2n) is 6.08. The Bertz CT molecular complexity index is 1020. The van der Waals surface area contributed by atoms with Crippen LogP contribution in [0.15, 0.2) is 48.5 Å². The van der Waals surface area contributed by atoms with E-state index < -0.39 is 18.5 Å². The number of hydrogen-bond acceptors (Lipinski definition) is 8. The molecule has 0 spiro atoms. The highest BCUT2D eigenvalue weighted by molar-refractivity contribution is 5.93. The SMILES string of the molecule is O=C(COC(=O)Cn1nnc(-c2ccccc2)n1)Nc1ccc2c(c1)OCCO2. The highest BCUT2D eigenvalue weighted by atomic mass is 16.6. The maximum Gasteiger partial charge on any atom is 0.330 e. The summed E-state index contributed by atoms with van der Waals surface area (Å²) in [5.41, 5.74) is 1.30. The minimum Gasteiger partial charge on any atom is -0.486 e. The van der Waals surface area contributed by atoms with Gasteiger partial charge in [0.15, 0.2) is 24.7 Å². The Labute approximate surface area is 165 Å². The third-order valence-electron chi connectivity index (χ3n) is 3.95. The number of tetrazole rings is 1.